The average molecular weight is 372 g/mol. The van der Waals surface area contributed by atoms with E-state index >= 15 is 0 Å². The Bertz CT molecular complexity index is 895. The van der Waals surface area contributed by atoms with Gasteiger partial charge < -0.3 is 14.6 Å². The number of nitrogens with one attached hydrogen (secondary N) is 1. The van der Waals surface area contributed by atoms with E-state index in [1.165, 1.54) is 9.47 Å². The summed E-state index contributed by atoms with van der Waals surface area (Å²) in [5.74, 6) is 0. The van der Waals surface area contributed by atoms with Crippen molar-refractivity contribution in [2.45, 2.75) is 45.0 Å². The third kappa shape index (κ3) is 3.54. The largest absolute Gasteiger partial charge is 0.444 e. The average Bonchev–Trinajstić information content (AvgIpc) is 3.06. The number of hydrogen-bond donors (Lipinski definition) is 1. The number of carbonyl (C=O) groups excluding carboxylic acids is 1. The molecule has 0 unspecified atom stereocenters. The first-order valence-corrected chi connectivity index (χ1v) is 8.11. The fourth-order valence-electron chi connectivity index (χ4n) is 2.95. The number of imidazole rings is 1. The van der Waals surface area contributed by atoms with E-state index in [-0.39, 0.29) is 23.8 Å². The molecule has 142 valence electrons. The number of aromatic amines is 1. The van der Waals surface area contributed by atoms with Crippen LogP contribution < -0.4 is 5.69 Å². The number of ether oxygens (including phenoxy) is 1. The second-order valence-electron chi connectivity index (χ2n) is 7.26. The second-order valence-corrected chi connectivity index (χ2v) is 7.26. The van der Waals surface area contributed by atoms with Crippen molar-refractivity contribution in [3.8, 4) is 0 Å². The summed E-state index contributed by atoms with van der Waals surface area (Å²) >= 11 is 0. The van der Waals surface area contributed by atoms with Crippen LogP contribution in [0.4, 0.5) is 18.0 Å². The van der Waals surface area contributed by atoms with Crippen LogP contribution >= 0.6 is 0 Å². The second kappa shape index (κ2) is 6.03. The van der Waals surface area contributed by atoms with Crippen molar-refractivity contribution in [1.82, 2.24) is 19.4 Å². The van der Waals surface area contributed by atoms with Crippen molar-refractivity contribution in [2.24, 2.45) is 0 Å². The van der Waals surface area contributed by atoms with Crippen molar-refractivity contribution < 1.29 is 22.7 Å². The summed E-state index contributed by atoms with van der Waals surface area (Å²) in [4.78, 5) is 32.1. The minimum absolute atomic E-state index is 0.0144. The quantitative estimate of drug-likeness (QED) is 0.835. The number of amides is 1. The summed E-state index contributed by atoms with van der Waals surface area (Å²) in [6.45, 7) is 5.88. The monoisotopic (exact) mass is 372 g/mol. The number of fused-ring (bicyclic) bond motifs is 1. The van der Waals surface area contributed by atoms with Crippen LogP contribution in [0.2, 0.25) is 0 Å². The lowest BCUT2D eigenvalue weighted by molar-refractivity contribution is -0.137. The molecule has 1 aliphatic heterocycles. The summed E-state index contributed by atoms with van der Waals surface area (Å²) < 4.78 is 45.0. The number of pyridine rings is 1. The van der Waals surface area contributed by atoms with Crippen LogP contribution in [0.25, 0.3) is 11.2 Å². The normalized spacial score (nSPS) is 18.5. The molecule has 1 saturated heterocycles. The molecule has 3 rings (SSSR count). The van der Waals surface area contributed by atoms with Crippen molar-refractivity contribution in [3.05, 3.63) is 28.3 Å². The molecule has 10 heteroatoms. The number of halogens is 3. The van der Waals surface area contributed by atoms with E-state index in [0.717, 1.165) is 6.07 Å². The molecule has 0 spiro atoms. The Hall–Kier alpha value is -2.52. The maximum absolute atomic E-state index is 12.8. The predicted molar refractivity (Wildman–Crippen MR) is 86.8 cm³/mol. The highest BCUT2D eigenvalue weighted by molar-refractivity contribution is 5.72. The van der Waals surface area contributed by atoms with Gasteiger partial charge in [0.15, 0.2) is 5.65 Å². The Balaban J connectivity index is 1.86. The number of carbonyl (C=O) groups is 1. The zero-order valence-corrected chi connectivity index (χ0v) is 14.6. The van der Waals surface area contributed by atoms with Crippen LogP contribution in [0.3, 0.4) is 0 Å². The molecule has 2 aromatic rings. The van der Waals surface area contributed by atoms with Gasteiger partial charge in [-0.3, -0.25) is 4.57 Å². The standard InChI is InChI=1S/C16H19F3N4O3/c1-15(2,3)26-14(25)22-5-4-10(8-22)23-12-11(21-13(23)24)6-9(7-20-12)16(17,18)19/h6-7,10H,4-5,8H2,1-3H3,(H,21,24)/t10-/m0/s1. The number of alkyl halides is 3. The van der Waals surface area contributed by atoms with Crippen molar-refractivity contribution in [3.63, 3.8) is 0 Å². The Kier molecular flexibility index (Phi) is 4.24. The first-order valence-electron chi connectivity index (χ1n) is 8.11. The van der Waals surface area contributed by atoms with Gasteiger partial charge in [-0.2, -0.15) is 13.2 Å². The van der Waals surface area contributed by atoms with Crippen molar-refractivity contribution >= 4 is 17.3 Å². The summed E-state index contributed by atoms with van der Waals surface area (Å²) in [7, 11) is 0. The molecular formula is C16H19F3N4O3. The number of nitrogens with zero attached hydrogens (tertiary/aromatic N) is 3. The van der Waals surface area contributed by atoms with Gasteiger partial charge in [-0.15, -0.1) is 0 Å². The molecule has 26 heavy (non-hydrogen) atoms. The van der Waals surface area contributed by atoms with Gasteiger partial charge in [-0.25, -0.2) is 14.6 Å². The molecule has 0 aliphatic carbocycles. The predicted octanol–water partition coefficient (Wildman–Crippen LogP) is 2.93. The molecule has 1 N–H and O–H groups in total. The maximum atomic E-state index is 12.8. The summed E-state index contributed by atoms with van der Waals surface area (Å²) in [6, 6.07) is 0.480. The molecule has 0 saturated carbocycles. The maximum Gasteiger partial charge on any atom is 0.417 e. The zero-order chi connectivity index (χ0) is 19.3. The van der Waals surface area contributed by atoms with Gasteiger partial charge in [0.25, 0.3) is 0 Å². The van der Waals surface area contributed by atoms with E-state index in [1.54, 1.807) is 20.8 Å². The number of aromatic nitrogens is 3. The molecule has 2 aromatic heterocycles. The number of H-pyrrole nitrogens is 1. The lowest BCUT2D eigenvalue weighted by Crippen LogP contribution is -2.36. The highest BCUT2D eigenvalue weighted by Gasteiger charge is 2.34. The smallest absolute Gasteiger partial charge is 0.417 e. The summed E-state index contributed by atoms with van der Waals surface area (Å²) in [6.07, 6.45) is -3.84. The fourth-order valence-corrected chi connectivity index (χ4v) is 2.95. The third-order valence-electron chi connectivity index (χ3n) is 4.06. The van der Waals surface area contributed by atoms with Gasteiger partial charge in [0.2, 0.25) is 0 Å². The number of likely N-dealkylation sites (tertiary alicyclic amines) is 1. The van der Waals surface area contributed by atoms with Gasteiger partial charge in [0, 0.05) is 19.3 Å². The van der Waals surface area contributed by atoms with E-state index in [2.05, 4.69) is 9.97 Å². The molecular weight excluding hydrogens is 353 g/mol. The van der Waals surface area contributed by atoms with E-state index < -0.39 is 29.1 Å². The van der Waals surface area contributed by atoms with Crippen molar-refractivity contribution in [2.75, 3.05) is 13.1 Å². The van der Waals surface area contributed by atoms with Crippen LogP contribution in [0.15, 0.2) is 17.1 Å². The highest BCUT2D eigenvalue weighted by atomic mass is 19.4. The van der Waals surface area contributed by atoms with E-state index in [1.807, 2.05) is 0 Å². The fraction of sp³-hybridized carbons (Fsp3) is 0.562. The molecule has 3 heterocycles. The van der Waals surface area contributed by atoms with Gasteiger partial charge in [-0.1, -0.05) is 0 Å². The van der Waals surface area contributed by atoms with Crippen LogP contribution in [0.5, 0.6) is 0 Å². The van der Waals surface area contributed by atoms with Gasteiger partial charge in [0.05, 0.1) is 17.1 Å². The van der Waals surface area contributed by atoms with Gasteiger partial charge >= 0.3 is 18.0 Å². The molecule has 1 atom stereocenters. The first-order chi connectivity index (χ1) is 12.0. The van der Waals surface area contributed by atoms with Crippen LogP contribution in [-0.4, -0.2) is 44.2 Å². The summed E-state index contributed by atoms with van der Waals surface area (Å²) in [5, 5.41) is 0. The SMILES string of the molecule is CC(C)(C)OC(=O)N1CC[C@H](n2c(=O)[nH]c3cc(C(F)(F)F)cnc32)C1. The topological polar surface area (TPSA) is 80.2 Å². The van der Waals surface area contributed by atoms with Crippen LogP contribution in [-0.2, 0) is 10.9 Å². The lowest BCUT2D eigenvalue weighted by atomic mass is 10.2. The van der Waals surface area contributed by atoms with Gasteiger partial charge in [0.1, 0.15) is 5.60 Å². The molecule has 1 fully saturated rings. The van der Waals surface area contributed by atoms with Crippen LogP contribution in [0, 0.1) is 0 Å². The zero-order valence-electron chi connectivity index (χ0n) is 14.6. The Morgan fingerprint density at radius 3 is 2.65 bits per heavy atom. The Morgan fingerprint density at radius 2 is 2.04 bits per heavy atom. The van der Waals surface area contributed by atoms with E-state index in [9.17, 15) is 22.8 Å². The minimum atomic E-state index is -4.54. The molecule has 7 nitrogen and oxygen atoms in total. The third-order valence-corrected chi connectivity index (χ3v) is 4.06. The Labute approximate surface area is 146 Å². The number of rotatable bonds is 1. The number of hydrogen-bond acceptors (Lipinski definition) is 4. The molecule has 0 radical (unpaired) electrons. The Morgan fingerprint density at radius 1 is 1.35 bits per heavy atom. The molecule has 1 amide bonds. The summed E-state index contributed by atoms with van der Waals surface area (Å²) in [5.41, 5.74) is -1.97. The first kappa shape index (κ1) is 18.3. The molecule has 0 bridgehead atoms. The van der Waals surface area contributed by atoms with E-state index in [0.29, 0.717) is 19.2 Å². The van der Waals surface area contributed by atoms with Crippen LogP contribution in [0.1, 0.15) is 38.8 Å². The van der Waals surface area contributed by atoms with Crippen molar-refractivity contribution in [1.29, 1.82) is 0 Å². The van der Waals surface area contributed by atoms with E-state index in [4.69, 9.17) is 4.74 Å². The lowest BCUT2D eigenvalue weighted by Gasteiger charge is -2.24. The minimum Gasteiger partial charge on any atom is -0.444 e. The molecule has 0 aromatic carbocycles. The highest BCUT2D eigenvalue weighted by Crippen LogP contribution is 2.31. The van der Waals surface area contributed by atoms with Gasteiger partial charge in [-0.05, 0) is 33.3 Å². The molecule has 1 aliphatic rings.